The number of hydrogen-bond donors (Lipinski definition) is 3. The molecule has 160 valence electrons. The molecule has 2 fully saturated rings. The van der Waals surface area contributed by atoms with Crippen LogP contribution >= 0.6 is 0 Å². The second-order valence-corrected chi connectivity index (χ2v) is 10.3. The molecule has 3 N–H and O–H groups in total. The van der Waals surface area contributed by atoms with Crippen molar-refractivity contribution in [1.29, 1.82) is 0 Å². The van der Waals surface area contributed by atoms with Gasteiger partial charge in [0.05, 0.1) is 12.2 Å². The Bertz CT molecular complexity index is 849. The van der Waals surface area contributed by atoms with Crippen LogP contribution in [0.1, 0.15) is 49.7 Å². The molecule has 1 atom stereocenters. The van der Waals surface area contributed by atoms with Crippen molar-refractivity contribution in [3.63, 3.8) is 0 Å². The number of carbonyl (C=O) groups is 1. The van der Waals surface area contributed by atoms with Crippen molar-refractivity contribution in [2.75, 3.05) is 23.9 Å². The molecule has 0 spiro atoms. The Morgan fingerprint density at radius 2 is 1.83 bits per heavy atom. The summed E-state index contributed by atoms with van der Waals surface area (Å²) < 4.78 is 30.1. The molecule has 4 rings (SSSR count). The van der Waals surface area contributed by atoms with Crippen LogP contribution in [0, 0.1) is 11.8 Å². The molecule has 1 aliphatic carbocycles. The first-order valence-electron chi connectivity index (χ1n) is 10.8. The van der Waals surface area contributed by atoms with Gasteiger partial charge in [0, 0.05) is 12.5 Å². The minimum Gasteiger partial charge on any atom is -0.481 e. The van der Waals surface area contributed by atoms with Gasteiger partial charge in [-0.25, -0.2) is 0 Å². The molecule has 2 heterocycles. The Morgan fingerprint density at radius 1 is 1.10 bits per heavy atom. The number of anilines is 1. The van der Waals surface area contributed by atoms with Crippen molar-refractivity contribution in [2.24, 2.45) is 11.8 Å². The molecule has 29 heavy (non-hydrogen) atoms. The SMILES string of the molecule is O=C(O)CCC1CCC(C2CN(c3ccc4c(c3)CCNCC4)S(=O)(=O)N2)CC1. The van der Waals surface area contributed by atoms with Gasteiger partial charge < -0.3 is 10.4 Å². The van der Waals surface area contributed by atoms with Gasteiger partial charge in [0.15, 0.2) is 0 Å². The van der Waals surface area contributed by atoms with Gasteiger partial charge in [-0.1, -0.05) is 18.9 Å². The Morgan fingerprint density at radius 3 is 2.55 bits per heavy atom. The van der Waals surface area contributed by atoms with Crippen LogP contribution < -0.4 is 14.3 Å². The number of aliphatic carboxylic acids is 1. The van der Waals surface area contributed by atoms with Crippen molar-refractivity contribution in [3.05, 3.63) is 29.3 Å². The van der Waals surface area contributed by atoms with Crippen LogP contribution in [0.15, 0.2) is 18.2 Å². The van der Waals surface area contributed by atoms with E-state index in [-0.39, 0.29) is 12.5 Å². The van der Waals surface area contributed by atoms with Crippen molar-refractivity contribution < 1.29 is 18.3 Å². The zero-order chi connectivity index (χ0) is 20.4. The van der Waals surface area contributed by atoms with Crippen LogP contribution in [-0.4, -0.2) is 45.2 Å². The third-order valence-electron chi connectivity index (χ3n) is 6.80. The van der Waals surface area contributed by atoms with Crippen LogP contribution in [0.5, 0.6) is 0 Å². The Hall–Kier alpha value is -1.64. The first-order valence-corrected chi connectivity index (χ1v) is 12.2. The van der Waals surface area contributed by atoms with Gasteiger partial charge in [-0.15, -0.1) is 0 Å². The quantitative estimate of drug-likeness (QED) is 0.676. The third-order valence-corrected chi connectivity index (χ3v) is 8.34. The van der Waals surface area contributed by atoms with Crippen LogP contribution in [0.25, 0.3) is 0 Å². The van der Waals surface area contributed by atoms with E-state index < -0.39 is 16.2 Å². The van der Waals surface area contributed by atoms with E-state index >= 15 is 0 Å². The van der Waals surface area contributed by atoms with Gasteiger partial charge >= 0.3 is 16.2 Å². The van der Waals surface area contributed by atoms with Crippen LogP contribution in [0.2, 0.25) is 0 Å². The molecule has 1 saturated heterocycles. The van der Waals surface area contributed by atoms with Crippen molar-refractivity contribution in [1.82, 2.24) is 10.0 Å². The zero-order valence-corrected chi connectivity index (χ0v) is 17.6. The summed E-state index contributed by atoms with van der Waals surface area (Å²) >= 11 is 0. The number of benzene rings is 1. The van der Waals surface area contributed by atoms with Crippen molar-refractivity contribution in [2.45, 2.75) is 57.4 Å². The number of hydrogen-bond acceptors (Lipinski definition) is 4. The van der Waals surface area contributed by atoms with E-state index in [1.165, 1.54) is 15.4 Å². The number of nitrogens with zero attached hydrogens (tertiary/aromatic N) is 1. The van der Waals surface area contributed by atoms with E-state index in [1.54, 1.807) is 0 Å². The molecule has 1 saturated carbocycles. The summed E-state index contributed by atoms with van der Waals surface area (Å²) in [7, 11) is -3.52. The minimum atomic E-state index is -3.52. The van der Waals surface area contributed by atoms with E-state index in [0.29, 0.717) is 18.4 Å². The Balaban J connectivity index is 1.41. The highest BCUT2D eigenvalue weighted by Gasteiger charge is 2.40. The molecule has 1 aromatic rings. The summed E-state index contributed by atoms with van der Waals surface area (Å²) in [6.45, 7) is 2.37. The Kier molecular flexibility index (Phi) is 6.13. The predicted molar refractivity (Wildman–Crippen MR) is 112 cm³/mol. The second-order valence-electron chi connectivity index (χ2n) is 8.68. The normalized spacial score (nSPS) is 29.2. The first-order chi connectivity index (χ1) is 13.9. The van der Waals surface area contributed by atoms with E-state index in [0.717, 1.165) is 63.7 Å². The van der Waals surface area contributed by atoms with Gasteiger partial charge in [-0.05, 0) is 80.3 Å². The average molecular weight is 422 g/mol. The summed E-state index contributed by atoms with van der Waals surface area (Å²) in [6, 6.07) is 6.00. The standard InChI is InChI=1S/C21H31N3O4S/c25-21(26)8-3-15-1-4-17(5-2-15)20-14-24(29(27,28)23-20)19-7-6-16-9-11-22-12-10-18(16)13-19/h6-7,13,15,17,20,22-23H,1-5,8-12,14H2,(H,25,26). The van der Waals surface area contributed by atoms with E-state index in [2.05, 4.69) is 16.1 Å². The summed E-state index contributed by atoms with van der Waals surface area (Å²) in [5.41, 5.74) is 3.31. The van der Waals surface area contributed by atoms with Crippen LogP contribution in [-0.2, 0) is 27.8 Å². The third kappa shape index (κ3) is 4.75. The fourth-order valence-electron chi connectivity index (χ4n) is 5.08. The smallest absolute Gasteiger partial charge is 0.303 e. The lowest BCUT2D eigenvalue weighted by molar-refractivity contribution is -0.137. The van der Waals surface area contributed by atoms with E-state index in [4.69, 9.17) is 5.11 Å². The topological polar surface area (TPSA) is 98.7 Å². The lowest BCUT2D eigenvalue weighted by atomic mass is 9.77. The molecule has 8 heteroatoms. The number of fused-ring (bicyclic) bond motifs is 1. The fourth-order valence-corrected chi connectivity index (χ4v) is 6.61. The molecule has 0 radical (unpaired) electrons. The van der Waals surface area contributed by atoms with Gasteiger partial charge in [0.25, 0.3) is 0 Å². The summed E-state index contributed by atoms with van der Waals surface area (Å²) in [5.74, 6) is 0.0402. The van der Waals surface area contributed by atoms with Crippen LogP contribution in [0.4, 0.5) is 5.69 Å². The molecular weight excluding hydrogens is 390 g/mol. The van der Waals surface area contributed by atoms with E-state index in [9.17, 15) is 13.2 Å². The van der Waals surface area contributed by atoms with Crippen molar-refractivity contribution >= 4 is 21.9 Å². The molecule has 2 aliphatic heterocycles. The van der Waals surface area contributed by atoms with Gasteiger partial charge in [0.2, 0.25) is 0 Å². The molecule has 1 unspecified atom stereocenters. The lowest BCUT2D eigenvalue weighted by Gasteiger charge is -2.31. The highest BCUT2D eigenvalue weighted by atomic mass is 32.2. The number of nitrogens with one attached hydrogen (secondary N) is 2. The maximum atomic E-state index is 12.8. The molecule has 1 aromatic carbocycles. The monoisotopic (exact) mass is 421 g/mol. The van der Waals surface area contributed by atoms with Crippen molar-refractivity contribution in [3.8, 4) is 0 Å². The van der Waals surface area contributed by atoms with E-state index in [1.807, 2.05) is 12.1 Å². The Labute approximate surface area is 173 Å². The summed E-state index contributed by atoms with van der Waals surface area (Å²) in [4.78, 5) is 10.8. The largest absolute Gasteiger partial charge is 0.481 e. The molecule has 3 aliphatic rings. The average Bonchev–Trinajstić information content (AvgIpc) is 2.87. The number of carboxylic acids is 1. The fraction of sp³-hybridized carbons (Fsp3) is 0.667. The van der Waals surface area contributed by atoms with Gasteiger partial charge in [-0.2, -0.15) is 13.1 Å². The highest BCUT2D eigenvalue weighted by Crippen LogP contribution is 2.36. The number of carboxylic acid groups (broad SMARTS) is 1. The molecule has 7 nitrogen and oxygen atoms in total. The van der Waals surface area contributed by atoms with Gasteiger partial charge in [0.1, 0.15) is 0 Å². The maximum Gasteiger partial charge on any atom is 0.303 e. The summed E-state index contributed by atoms with van der Waals surface area (Å²) in [6.07, 6.45) is 6.76. The zero-order valence-electron chi connectivity index (χ0n) is 16.8. The maximum absolute atomic E-state index is 12.8. The highest BCUT2D eigenvalue weighted by molar-refractivity contribution is 7.91. The number of rotatable bonds is 5. The summed E-state index contributed by atoms with van der Waals surface area (Å²) in [5, 5.41) is 12.3. The molecule has 0 bridgehead atoms. The van der Waals surface area contributed by atoms with Crippen LogP contribution in [0.3, 0.4) is 0 Å². The first kappa shape index (κ1) is 20.6. The van der Waals surface area contributed by atoms with Gasteiger partial charge in [-0.3, -0.25) is 9.10 Å². The molecule has 0 amide bonds. The predicted octanol–water partition coefficient (Wildman–Crippen LogP) is 2.07. The minimum absolute atomic E-state index is 0.0686. The molecular formula is C21H31N3O4S. The lowest BCUT2D eigenvalue weighted by Crippen LogP contribution is -2.36. The molecule has 0 aromatic heterocycles. The second kappa shape index (κ2) is 8.62.